The summed E-state index contributed by atoms with van der Waals surface area (Å²) in [5, 5.41) is 0. The van der Waals surface area contributed by atoms with Gasteiger partial charge in [-0.3, -0.25) is 4.18 Å². The van der Waals surface area contributed by atoms with E-state index in [1.165, 1.54) is 0 Å². The molecule has 0 aliphatic heterocycles. The van der Waals surface area contributed by atoms with Crippen LogP contribution in [0.25, 0.3) is 0 Å². The van der Waals surface area contributed by atoms with Gasteiger partial charge in [0, 0.05) is 0 Å². The zero-order chi connectivity index (χ0) is 15.6. The van der Waals surface area contributed by atoms with Crippen LogP contribution >= 0.6 is 0 Å². The van der Waals surface area contributed by atoms with Crippen molar-refractivity contribution in [2.45, 2.75) is 58.0 Å². The second kappa shape index (κ2) is 6.49. The van der Waals surface area contributed by atoms with Crippen LogP contribution in [0.5, 0.6) is 0 Å². The molecule has 1 aliphatic rings. The number of aryl methyl sites for hydroxylation is 1. The van der Waals surface area contributed by atoms with E-state index in [2.05, 4.69) is 20.8 Å². The summed E-state index contributed by atoms with van der Waals surface area (Å²) < 4.78 is 30.5. The van der Waals surface area contributed by atoms with Crippen LogP contribution in [-0.4, -0.2) is 14.5 Å². The highest BCUT2D eigenvalue weighted by Gasteiger charge is 2.35. The maximum Gasteiger partial charge on any atom is 0.297 e. The van der Waals surface area contributed by atoms with Crippen LogP contribution in [0.4, 0.5) is 0 Å². The average molecular weight is 310 g/mol. The lowest BCUT2D eigenvalue weighted by atomic mass is 9.75. The first-order valence-electron chi connectivity index (χ1n) is 7.79. The maximum atomic E-state index is 12.5. The highest BCUT2D eigenvalue weighted by molar-refractivity contribution is 7.86. The van der Waals surface area contributed by atoms with Crippen molar-refractivity contribution in [1.82, 2.24) is 0 Å². The summed E-state index contributed by atoms with van der Waals surface area (Å²) in [6.07, 6.45) is 2.84. The Morgan fingerprint density at radius 3 is 2.33 bits per heavy atom. The van der Waals surface area contributed by atoms with E-state index in [1.54, 1.807) is 24.3 Å². The lowest BCUT2D eigenvalue weighted by Gasteiger charge is -2.36. The Hall–Kier alpha value is -0.870. The van der Waals surface area contributed by atoms with Crippen LogP contribution in [0, 0.1) is 24.7 Å². The fourth-order valence-electron chi connectivity index (χ4n) is 3.15. The molecule has 0 radical (unpaired) electrons. The Labute approximate surface area is 128 Å². The molecule has 0 amide bonds. The summed E-state index contributed by atoms with van der Waals surface area (Å²) in [7, 11) is -3.67. The fourth-order valence-corrected chi connectivity index (χ4v) is 4.28. The highest BCUT2D eigenvalue weighted by Crippen LogP contribution is 2.36. The zero-order valence-corrected chi connectivity index (χ0v) is 14.2. The lowest BCUT2D eigenvalue weighted by molar-refractivity contribution is 0.0511. The third kappa shape index (κ3) is 4.07. The fraction of sp³-hybridized carbons (Fsp3) is 0.647. The smallest absolute Gasteiger partial charge is 0.263 e. The molecule has 3 atom stereocenters. The monoisotopic (exact) mass is 310 g/mol. The Morgan fingerprint density at radius 2 is 1.76 bits per heavy atom. The number of hydrogen-bond acceptors (Lipinski definition) is 3. The molecule has 0 heterocycles. The zero-order valence-electron chi connectivity index (χ0n) is 13.4. The minimum Gasteiger partial charge on any atom is -0.263 e. The van der Waals surface area contributed by atoms with Crippen LogP contribution in [0.1, 0.15) is 45.6 Å². The van der Waals surface area contributed by atoms with Crippen LogP contribution in [0.15, 0.2) is 29.2 Å². The Kier molecular flexibility index (Phi) is 5.10. The van der Waals surface area contributed by atoms with Crippen LogP contribution in [0.2, 0.25) is 0 Å². The predicted octanol–water partition coefficient (Wildman–Crippen LogP) is 4.16. The van der Waals surface area contributed by atoms with E-state index in [0.29, 0.717) is 17.8 Å². The molecule has 0 bridgehead atoms. The summed E-state index contributed by atoms with van der Waals surface area (Å²) in [6.45, 7) is 8.41. The van der Waals surface area contributed by atoms with E-state index in [1.807, 2.05) is 6.92 Å². The van der Waals surface area contributed by atoms with Crippen molar-refractivity contribution in [3.8, 4) is 0 Å². The molecular formula is C17H26O3S. The second-order valence-electron chi connectivity index (χ2n) is 6.73. The van der Waals surface area contributed by atoms with Crippen molar-refractivity contribution in [3.63, 3.8) is 0 Å². The van der Waals surface area contributed by atoms with E-state index in [-0.39, 0.29) is 11.0 Å². The van der Waals surface area contributed by atoms with Crippen molar-refractivity contribution in [1.29, 1.82) is 0 Å². The van der Waals surface area contributed by atoms with Gasteiger partial charge in [-0.05, 0) is 49.7 Å². The third-order valence-electron chi connectivity index (χ3n) is 4.52. The van der Waals surface area contributed by atoms with Crippen molar-refractivity contribution in [3.05, 3.63) is 29.8 Å². The first-order chi connectivity index (χ1) is 9.79. The molecular weight excluding hydrogens is 284 g/mol. The summed E-state index contributed by atoms with van der Waals surface area (Å²) in [4.78, 5) is 0.258. The van der Waals surface area contributed by atoms with Crippen molar-refractivity contribution < 1.29 is 12.6 Å². The van der Waals surface area contributed by atoms with Gasteiger partial charge in [0.2, 0.25) is 0 Å². The molecule has 0 N–H and O–H groups in total. The van der Waals surface area contributed by atoms with Gasteiger partial charge in [0.25, 0.3) is 10.1 Å². The van der Waals surface area contributed by atoms with Gasteiger partial charge >= 0.3 is 0 Å². The van der Waals surface area contributed by atoms with E-state index < -0.39 is 10.1 Å². The first-order valence-corrected chi connectivity index (χ1v) is 9.20. The molecule has 1 aliphatic carbocycles. The summed E-state index contributed by atoms with van der Waals surface area (Å²) in [5.41, 5.74) is 1.04. The molecule has 1 aromatic carbocycles. The van der Waals surface area contributed by atoms with E-state index >= 15 is 0 Å². The van der Waals surface area contributed by atoms with Gasteiger partial charge in [-0.15, -0.1) is 0 Å². The quantitative estimate of drug-likeness (QED) is 0.784. The summed E-state index contributed by atoms with van der Waals surface area (Å²) >= 11 is 0. The maximum absolute atomic E-state index is 12.5. The van der Waals surface area contributed by atoms with Crippen molar-refractivity contribution in [2.24, 2.45) is 17.8 Å². The predicted molar refractivity (Wildman–Crippen MR) is 84.6 cm³/mol. The Balaban J connectivity index is 2.19. The molecule has 0 aromatic heterocycles. The standard InChI is InChI=1S/C17H26O3S/c1-12(2)16-10-7-14(4)11-17(16)20-21(18,19)15-8-5-13(3)6-9-15/h5-6,8-9,12,14,16-17H,7,10-11H2,1-4H3/t14-,16+,17-/m1/s1. The first kappa shape index (κ1) is 16.5. The van der Waals surface area contributed by atoms with Gasteiger partial charge in [0.1, 0.15) is 0 Å². The van der Waals surface area contributed by atoms with Gasteiger partial charge in [-0.2, -0.15) is 8.42 Å². The van der Waals surface area contributed by atoms with E-state index in [0.717, 1.165) is 24.8 Å². The highest BCUT2D eigenvalue weighted by atomic mass is 32.2. The molecule has 4 heteroatoms. The van der Waals surface area contributed by atoms with Crippen LogP contribution < -0.4 is 0 Å². The minimum absolute atomic E-state index is 0.194. The third-order valence-corrected chi connectivity index (χ3v) is 5.87. The molecule has 0 unspecified atom stereocenters. The molecule has 1 fully saturated rings. The number of rotatable bonds is 4. The molecule has 1 saturated carbocycles. The van der Waals surface area contributed by atoms with Gasteiger partial charge in [0.15, 0.2) is 0 Å². The number of hydrogen-bond donors (Lipinski definition) is 0. The Bertz CT molecular complexity index is 560. The molecule has 118 valence electrons. The van der Waals surface area contributed by atoms with E-state index in [9.17, 15) is 8.42 Å². The largest absolute Gasteiger partial charge is 0.297 e. The van der Waals surface area contributed by atoms with Crippen LogP contribution in [-0.2, 0) is 14.3 Å². The molecule has 1 aromatic rings. The van der Waals surface area contributed by atoms with E-state index in [4.69, 9.17) is 4.18 Å². The average Bonchev–Trinajstić information content (AvgIpc) is 2.38. The molecule has 0 spiro atoms. The van der Waals surface area contributed by atoms with Gasteiger partial charge < -0.3 is 0 Å². The SMILES string of the molecule is Cc1ccc(S(=O)(=O)O[C@@H]2C[C@H](C)CC[C@H]2C(C)C)cc1. The van der Waals surface area contributed by atoms with Crippen LogP contribution in [0.3, 0.4) is 0 Å². The summed E-state index contributed by atoms with van der Waals surface area (Å²) in [6, 6.07) is 6.86. The van der Waals surface area contributed by atoms with Gasteiger partial charge in [-0.1, -0.05) is 44.9 Å². The molecule has 0 saturated heterocycles. The van der Waals surface area contributed by atoms with Gasteiger partial charge in [-0.25, -0.2) is 0 Å². The van der Waals surface area contributed by atoms with Crippen molar-refractivity contribution in [2.75, 3.05) is 0 Å². The lowest BCUT2D eigenvalue weighted by Crippen LogP contribution is -2.35. The Morgan fingerprint density at radius 1 is 1.14 bits per heavy atom. The second-order valence-corrected chi connectivity index (χ2v) is 8.30. The molecule has 2 rings (SSSR count). The van der Waals surface area contributed by atoms with Crippen molar-refractivity contribution >= 4 is 10.1 Å². The molecule has 3 nitrogen and oxygen atoms in total. The topological polar surface area (TPSA) is 43.4 Å². The minimum atomic E-state index is -3.67. The number of benzene rings is 1. The van der Waals surface area contributed by atoms with Gasteiger partial charge in [0.05, 0.1) is 11.0 Å². The summed E-state index contributed by atoms with van der Waals surface area (Å²) in [5.74, 6) is 1.29. The normalized spacial score (nSPS) is 27.0. The molecule has 21 heavy (non-hydrogen) atoms.